The minimum atomic E-state index is -0.154. The Labute approximate surface area is 203 Å². The molecule has 0 atom stereocenters. The van der Waals surface area contributed by atoms with Crippen molar-refractivity contribution in [2.75, 3.05) is 11.1 Å². The minimum Gasteiger partial charge on any atom is -0.485 e. The van der Waals surface area contributed by atoms with E-state index in [-0.39, 0.29) is 11.7 Å². The molecule has 0 radical (unpaired) electrons. The van der Waals surface area contributed by atoms with Crippen LogP contribution in [0.25, 0.3) is 11.4 Å². The van der Waals surface area contributed by atoms with E-state index in [0.29, 0.717) is 38.9 Å². The molecule has 0 aliphatic heterocycles. The third-order valence-electron chi connectivity index (χ3n) is 4.10. The highest BCUT2D eigenvalue weighted by atomic mass is 35.5. The average molecular weight is 503 g/mol. The van der Waals surface area contributed by atoms with E-state index >= 15 is 0 Å². The lowest BCUT2D eigenvalue weighted by atomic mass is 10.3. The van der Waals surface area contributed by atoms with Crippen molar-refractivity contribution in [2.24, 2.45) is 0 Å². The molecule has 0 aliphatic rings. The molecular weight excluding hydrogens is 487 g/mol. The Kier molecular flexibility index (Phi) is 7.59. The molecule has 0 fully saturated rings. The van der Waals surface area contributed by atoms with Crippen molar-refractivity contribution in [1.82, 2.24) is 15.0 Å². The van der Waals surface area contributed by atoms with E-state index < -0.39 is 0 Å². The summed E-state index contributed by atoms with van der Waals surface area (Å²) in [4.78, 5) is 25.5. The zero-order chi connectivity index (χ0) is 22.3. The fourth-order valence-corrected chi connectivity index (χ4v) is 4.26. The van der Waals surface area contributed by atoms with Crippen molar-refractivity contribution in [3.8, 4) is 17.1 Å². The number of benzene rings is 2. The first-order valence-corrected chi connectivity index (χ1v) is 12.0. The largest absolute Gasteiger partial charge is 0.485 e. The van der Waals surface area contributed by atoms with Gasteiger partial charge >= 0.3 is 0 Å². The van der Waals surface area contributed by atoms with Gasteiger partial charge in [-0.05, 0) is 42.5 Å². The highest BCUT2D eigenvalue weighted by Crippen LogP contribution is 2.26. The van der Waals surface area contributed by atoms with Crippen LogP contribution in [-0.4, -0.2) is 26.6 Å². The number of para-hydroxylation sites is 1. The maximum absolute atomic E-state index is 12.2. The minimum absolute atomic E-state index is 0.154. The van der Waals surface area contributed by atoms with Gasteiger partial charge in [0.2, 0.25) is 5.91 Å². The van der Waals surface area contributed by atoms with Gasteiger partial charge in [-0.1, -0.05) is 47.1 Å². The van der Waals surface area contributed by atoms with Crippen LogP contribution in [0.4, 0.5) is 5.69 Å². The number of halogens is 2. The van der Waals surface area contributed by atoms with Gasteiger partial charge in [-0.3, -0.25) is 4.79 Å². The quantitative estimate of drug-likeness (QED) is 0.227. The summed E-state index contributed by atoms with van der Waals surface area (Å²) in [5.74, 6) is 0.641. The Bertz CT molecular complexity index is 1220. The average Bonchev–Trinajstić information content (AvgIpc) is 3.28. The number of nitrogens with zero attached hydrogens (tertiary/aromatic N) is 3. The topological polar surface area (TPSA) is 77.0 Å². The van der Waals surface area contributed by atoms with Crippen LogP contribution in [0.2, 0.25) is 10.0 Å². The molecule has 2 aromatic carbocycles. The Morgan fingerprint density at radius 3 is 2.66 bits per heavy atom. The zero-order valence-electron chi connectivity index (χ0n) is 16.5. The first-order valence-electron chi connectivity index (χ1n) is 9.40. The van der Waals surface area contributed by atoms with Crippen LogP contribution in [-0.2, 0) is 11.4 Å². The maximum Gasteiger partial charge on any atom is 0.234 e. The smallest absolute Gasteiger partial charge is 0.234 e. The highest BCUT2D eigenvalue weighted by molar-refractivity contribution is 7.99. The molecule has 0 saturated carbocycles. The van der Waals surface area contributed by atoms with Crippen LogP contribution in [0.1, 0.15) is 5.01 Å². The number of ether oxygens (including phenoxy) is 1. The molecule has 0 aliphatic carbocycles. The zero-order valence-corrected chi connectivity index (χ0v) is 19.6. The van der Waals surface area contributed by atoms with E-state index in [1.165, 1.54) is 23.1 Å². The molecule has 0 bridgehead atoms. The van der Waals surface area contributed by atoms with Gasteiger partial charge in [0.05, 0.1) is 16.5 Å². The molecule has 162 valence electrons. The van der Waals surface area contributed by atoms with Gasteiger partial charge in [0.15, 0.2) is 5.16 Å². The number of carbonyl (C=O) groups is 1. The van der Waals surface area contributed by atoms with E-state index in [0.717, 1.165) is 10.7 Å². The number of thioether (sulfide) groups is 1. The first-order chi connectivity index (χ1) is 15.6. The Morgan fingerprint density at radius 1 is 1.03 bits per heavy atom. The molecule has 10 heteroatoms. The summed E-state index contributed by atoms with van der Waals surface area (Å²) in [5.41, 5.74) is 2.09. The van der Waals surface area contributed by atoms with Crippen molar-refractivity contribution < 1.29 is 9.53 Å². The van der Waals surface area contributed by atoms with Crippen LogP contribution in [0, 0.1) is 0 Å². The van der Waals surface area contributed by atoms with E-state index in [9.17, 15) is 4.79 Å². The van der Waals surface area contributed by atoms with Crippen LogP contribution in [0.5, 0.6) is 5.75 Å². The number of hydrogen-bond acceptors (Lipinski definition) is 7. The molecule has 2 aromatic heterocycles. The summed E-state index contributed by atoms with van der Waals surface area (Å²) in [5, 5.41) is 7.19. The van der Waals surface area contributed by atoms with Gasteiger partial charge in [-0.25, -0.2) is 15.0 Å². The van der Waals surface area contributed by atoms with Gasteiger partial charge in [0, 0.05) is 22.3 Å². The molecule has 4 aromatic rings. The molecular formula is C22H16Cl2N4O2S2. The lowest BCUT2D eigenvalue weighted by Crippen LogP contribution is -2.14. The molecule has 0 saturated heterocycles. The maximum atomic E-state index is 12.2. The fourth-order valence-electron chi connectivity index (χ4n) is 2.61. The van der Waals surface area contributed by atoms with Crippen LogP contribution in [0.3, 0.4) is 0 Å². The second-order valence-electron chi connectivity index (χ2n) is 6.41. The summed E-state index contributed by atoms with van der Waals surface area (Å²) in [6.45, 7) is 0.311. The summed E-state index contributed by atoms with van der Waals surface area (Å²) < 4.78 is 5.74. The van der Waals surface area contributed by atoms with Crippen molar-refractivity contribution in [2.45, 2.75) is 11.8 Å². The van der Waals surface area contributed by atoms with Gasteiger partial charge in [-0.2, -0.15) is 0 Å². The summed E-state index contributed by atoms with van der Waals surface area (Å²) in [6.07, 6.45) is 1.65. The number of thiazole rings is 1. The normalized spacial score (nSPS) is 10.7. The van der Waals surface area contributed by atoms with E-state index in [1.54, 1.807) is 42.6 Å². The van der Waals surface area contributed by atoms with E-state index in [4.69, 9.17) is 27.9 Å². The number of anilines is 1. The van der Waals surface area contributed by atoms with Crippen molar-refractivity contribution in [3.05, 3.63) is 81.2 Å². The number of hydrogen-bond donors (Lipinski definition) is 1. The standard InChI is InChI=1S/C22H16Cl2N4O2S2/c23-14-5-7-15(8-6-14)26-20(29)13-32-22-25-10-9-17(28-22)18-12-31-21(27-18)11-30-19-4-2-1-3-16(19)24/h1-10,12H,11,13H2,(H,26,29). The third kappa shape index (κ3) is 6.20. The second kappa shape index (κ2) is 10.8. The molecule has 4 rings (SSSR count). The highest BCUT2D eigenvalue weighted by Gasteiger charge is 2.11. The molecule has 32 heavy (non-hydrogen) atoms. The Morgan fingerprint density at radius 2 is 1.84 bits per heavy atom. The molecule has 6 nitrogen and oxygen atoms in total. The third-order valence-corrected chi connectivity index (χ3v) is 6.34. The number of rotatable bonds is 8. The number of nitrogens with one attached hydrogen (secondary N) is 1. The predicted molar refractivity (Wildman–Crippen MR) is 130 cm³/mol. The van der Waals surface area contributed by atoms with Crippen LogP contribution >= 0.6 is 46.3 Å². The Balaban J connectivity index is 1.34. The van der Waals surface area contributed by atoms with Crippen LogP contribution < -0.4 is 10.1 Å². The summed E-state index contributed by atoms with van der Waals surface area (Å²) in [6, 6.07) is 16.0. The van der Waals surface area contributed by atoms with Crippen molar-refractivity contribution in [1.29, 1.82) is 0 Å². The molecule has 2 heterocycles. The number of carbonyl (C=O) groups excluding carboxylic acids is 1. The lowest BCUT2D eigenvalue weighted by Gasteiger charge is -2.05. The van der Waals surface area contributed by atoms with E-state index in [1.807, 2.05) is 23.6 Å². The van der Waals surface area contributed by atoms with Gasteiger partial charge in [0.1, 0.15) is 23.1 Å². The van der Waals surface area contributed by atoms with Crippen molar-refractivity contribution in [3.63, 3.8) is 0 Å². The predicted octanol–water partition coefficient (Wildman–Crippen LogP) is 6.22. The monoisotopic (exact) mass is 502 g/mol. The first kappa shape index (κ1) is 22.5. The summed E-state index contributed by atoms with van der Waals surface area (Å²) in [7, 11) is 0. The SMILES string of the molecule is O=C(CSc1nccc(-c2csc(COc3ccccc3Cl)n2)n1)Nc1ccc(Cl)cc1. The second-order valence-corrected chi connectivity index (χ2v) is 9.14. The van der Waals surface area contributed by atoms with Crippen LogP contribution in [0.15, 0.2) is 71.3 Å². The Hall–Kier alpha value is -2.65. The van der Waals surface area contributed by atoms with Gasteiger partial charge < -0.3 is 10.1 Å². The van der Waals surface area contributed by atoms with Gasteiger partial charge in [-0.15, -0.1) is 11.3 Å². The lowest BCUT2D eigenvalue weighted by molar-refractivity contribution is -0.113. The molecule has 1 N–H and O–H groups in total. The van der Waals surface area contributed by atoms with Crippen molar-refractivity contribution >= 4 is 57.9 Å². The number of amides is 1. The number of aromatic nitrogens is 3. The molecule has 1 amide bonds. The van der Waals surface area contributed by atoms with Gasteiger partial charge in [0.25, 0.3) is 0 Å². The molecule has 0 unspecified atom stereocenters. The fraction of sp³-hybridized carbons (Fsp3) is 0.0909. The summed E-state index contributed by atoms with van der Waals surface area (Å²) >= 11 is 14.7. The molecule has 0 spiro atoms. The van der Waals surface area contributed by atoms with E-state index in [2.05, 4.69) is 20.3 Å².